The first-order chi connectivity index (χ1) is 18.4. The minimum atomic E-state index is -0.969. The number of aliphatic hydroxyl groups excluding tert-OH is 1. The second kappa shape index (κ2) is 11.0. The Labute approximate surface area is 221 Å². The Bertz CT molecular complexity index is 1290. The van der Waals surface area contributed by atoms with Crippen LogP contribution in [0.5, 0.6) is 0 Å². The van der Waals surface area contributed by atoms with Crippen LogP contribution in [0.1, 0.15) is 78.3 Å². The first-order valence-corrected chi connectivity index (χ1v) is 13.3. The Balaban J connectivity index is 0.000000937. The van der Waals surface area contributed by atoms with Crippen molar-refractivity contribution in [3.63, 3.8) is 0 Å². The first-order valence-electron chi connectivity index (χ1n) is 13.3. The number of carboxylic acid groups (broad SMARTS) is 1. The van der Waals surface area contributed by atoms with Gasteiger partial charge in [-0.05, 0) is 70.8 Å². The molecule has 3 aliphatic rings. The fourth-order valence-corrected chi connectivity index (χ4v) is 6.10. The van der Waals surface area contributed by atoms with Crippen LogP contribution in [0, 0.1) is 0 Å². The van der Waals surface area contributed by atoms with Crippen LogP contribution < -0.4 is 10.6 Å². The molecule has 5 heterocycles. The molecule has 3 fully saturated rings. The third-order valence-corrected chi connectivity index (χ3v) is 7.68. The molecule has 0 aromatic carbocycles. The van der Waals surface area contributed by atoms with E-state index in [1.807, 2.05) is 23.6 Å². The third-order valence-electron chi connectivity index (χ3n) is 7.68. The average molecular weight is 522 g/mol. The predicted molar refractivity (Wildman–Crippen MR) is 143 cm³/mol. The SMILES string of the molecule is CNC.O=C(O)c1cc2cnc(Nc3ccc(C(=O)N4[C@@H]5CC[C@H]4C[C@@H](O)C5)cn3)nc2n1C1CCCC1. The number of aromatic carboxylic acids is 1. The summed E-state index contributed by atoms with van der Waals surface area (Å²) in [6, 6.07) is 5.41. The number of aromatic nitrogens is 4. The fourth-order valence-electron chi connectivity index (χ4n) is 6.10. The van der Waals surface area contributed by atoms with Gasteiger partial charge in [-0.2, -0.15) is 4.98 Å². The van der Waals surface area contributed by atoms with Gasteiger partial charge in [0.25, 0.3) is 5.91 Å². The van der Waals surface area contributed by atoms with Crippen molar-refractivity contribution < 1.29 is 19.8 Å². The Morgan fingerprint density at radius 1 is 0.974 bits per heavy atom. The van der Waals surface area contributed by atoms with Crippen molar-refractivity contribution in [3.05, 3.63) is 41.9 Å². The molecular weight excluding hydrogens is 486 g/mol. The summed E-state index contributed by atoms with van der Waals surface area (Å²) in [5.41, 5.74) is 1.35. The van der Waals surface area contributed by atoms with E-state index in [0.29, 0.717) is 41.2 Å². The maximum Gasteiger partial charge on any atom is 0.352 e. The van der Waals surface area contributed by atoms with Gasteiger partial charge in [0.15, 0.2) is 0 Å². The standard InChI is InChI=1S/C25H28N6O4.C2H7N/c32-19-10-17-6-7-18(11-19)30(17)23(33)14-5-8-21(26-12-14)28-25-27-13-15-9-20(24(34)35)31(22(15)29-25)16-3-1-2-4-16;1-3-2/h5,8-9,12-13,16-19,32H,1-4,6-7,10-11H2,(H,34,35)(H,26,27,28,29);3H,1-2H3/t17-,18+,19+;. The smallest absolute Gasteiger partial charge is 0.352 e. The summed E-state index contributed by atoms with van der Waals surface area (Å²) in [5.74, 6) is -0.198. The molecule has 2 saturated heterocycles. The maximum atomic E-state index is 13.1. The van der Waals surface area contributed by atoms with Crippen LogP contribution in [0.2, 0.25) is 0 Å². The molecule has 2 bridgehead atoms. The Morgan fingerprint density at radius 2 is 1.66 bits per heavy atom. The van der Waals surface area contributed by atoms with Gasteiger partial charge in [0.05, 0.1) is 11.7 Å². The molecule has 202 valence electrons. The molecule has 11 heteroatoms. The summed E-state index contributed by atoms with van der Waals surface area (Å²) >= 11 is 0. The summed E-state index contributed by atoms with van der Waals surface area (Å²) in [6.45, 7) is 0. The van der Waals surface area contributed by atoms with Gasteiger partial charge < -0.3 is 30.3 Å². The monoisotopic (exact) mass is 521 g/mol. The summed E-state index contributed by atoms with van der Waals surface area (Å²) in [7, 11) is 3.75. The van der Waals surface area contributed by atoms with Crippen molar-refractivity contribution in [3.8, 4) is 0 Å². The second-order valence-corrected chi connectivity index (χ2v) is 10.4. The van der Waals surface area contributed by atoms with Gasteiger partial charge in [-0.25, -0.2) is 14.8 Å². The molecule has 0 spiro atoms. The lowest BCUT2D eigenvalue weighted by Gasteiger charge is -2.37. The van der Waals surface area contributed by atoms with Gasteiger partial charge in [-0.15, -0.1) is 0 Å². The Kier molecular flexibility index (Phi) is 7.57. The number of carbonyl (C=O) groups is 2. The minimum Gasteiger partial charge on any atom is -0.477 e. The highest BCUT2D eigenvalue weighted by Gasteiger charge is 2.43. The first kappa shape index (κ1) is 26.1. The molecule has 1 aliphatic carbocycles. The number of hydrogen-bond acceptors (Lipinski definition) is 8. The Hall–Kier alpha value is -3.57. The topological polar surface area (TPSA) is 146 Å². The summed E-state index contributed by atoms with van der Waals surface area (Å²) in [6.07, 6.45) is 10.0. The number of carboxylic acids is 1. The van der Waals surface area contributed by atoms with E-state index >= 15 is 0 Å². The van der Waals surface area contributed by atoms with E-state index in [9.17, 15) is 19.8 Å². The number of piperidine rings is 1. The van der Waals surface area contributed by atoms with E-state index in [-0.39, 0.29) is 35.8 Å². The van der Waals surface area contributed by atoms with E-state index in [1.54, 1.807) is 30.6 Å². The highest BCUT2D eigenvalue weighted by Crippen LogP contribution is 2.37. The summed E-state index contributed by atoms with van der Waals surface area (Å²) < 4.78 is 1.83. The molecule has 3 aromatic heterocycles. The zero-order chi connectivity index (χ0) is 26.8. The number of nitrogens with zero attached hydrogens (tertiary/aromatic N) is 5. The molecule has 1 amide bonds. The minimum absolute atomic E-state index is 0.0447. The van der Waals surface area contributed by atoms with E-state index in [4.69, 9.17) is 0 Å². The van der Waals surface area contributed by atoms with Crippen molar-refractivity contribution >= 4 is 34.7 Å². The van der Waals surface area contributed by atoms with Crippen LogP contribution in [0.3, 0.4) is 0 Å². The Morgan fingerprint density at radius 3 is 2.26 bits per heavy atom. The number of fused-ring (bicyclic) bond motifs is 3. The lowest BCUT2D eigenvalue weighted by atomic mass is 9.99. The molecule has 0 radical (unpaired) electrons. The molecular formula is C27H35N7O4. The van der Waals surface area contributed by atoms with E-state index in [2.05, 4.69) is 25.6 Å². The molecule has 4 N–H and O–H groups in total. The molecule has 1 saturated carbocycles. The summed E-state index contributed by atoms with van der Waals surface area (Å²) in [4.78, 5) is 40.2. The van der Waals surface area contributed by atoms with Crippen molar-refractivity contribution in [1.29, 1.82) is 0 Å². The van der Waals surface area contributed by atoms with E-state index in [0.717, 1.165) is 38.5 Å². The zero-order valence-electron chi connectivity index (χ0n) is 21.8. The van der Waals surface area contributed by atoms with E-state index in [1.165, 1.54) is 0 Å². The quantitative estimate of drug-likeness (QED) is 0.397. The largest absolute Gasteiger partial charge is 0.477 e. The molecule has 0 unspecified atom stereocenters. The molecule has 3 aromatic rings. The number of rotatable bonds is 5. The van der Waals surface area contributed by atoms with Gasteiger partial charge in [-0.1, -0.05) is 12.8 Å². The van der Waals surface area contributed by atoms with Gasteiger partial charge in [0.2, 0.25) is 5.95 Å². The number of aliphatic hydroxyl groups is 1. The number of pyridine rings is 1. The predicted octanol–water partition coefficient (Wildman–Crippen LogP) is 3.35. The van der Waals surface area contributed by atoms with Gasteiger partial charge in [0, 0.05) is 35.9 Å². The molecule has 3 atom stereocenters. The third kappa shape index (κ3) is 5.08. The number of anilines is 2. The highest BCUT2D eigenvalue weighted by molar-refractivity contribution is 5.95. The van der Waals surface area contributed by atoms with Crippen LogP contribution >= 0.6 is 0 Å². The molecule has 6 rings (SSSR count). The van der Waals surface area contributed by atoms with Gasteiger partial charge in [-0.3, -0.25) is 4.79 Å². The number of carbonyl (C=O) groups excluding carboxylic acids is 1. The van der Waals surface area contributed by atoms with Crippen LogP contribution in [-0.2, 0) is 0 Å². The molecule has 38 heavy (non-hydrogen) atoms. The van der Waals surface area contributed by atoms with Crippen LogP contribution in [0.4, 0.5) is 11.8 Å². The van der Waals surface area contributed by atoms with Crippen LogP contribution in [-0.4, -0.2) is 78.8 Å². The highest BCUT2D eigenvalue weighted by atomic mass is 16.4. The molecule has 11 nitrogen and oxygen atoms in total. The lowest BCUT2D eigenvalue weighted by Crippen LogP contribution is -2.48. The van der Waals surface area contributed by atoms with Crippen molar-refractivity contribution in [2.45, 2.75) is 75.6 Å². The number of amides is 1. The van der Waals surface area contributed by atoms with E-state index < -0.39 is 5.97 Å². The second-order valence-electron chi connectivity index (χ2n) is 10.4. The van der Waals surface area contributed by atoms with Crippen LogP contribution in [0.25, 0.3) is 11.0 Å². The fraction of sp³-hybridized carbons (Fsp3) is 0.519. The van der Waals surface area contributed by atoms with Crippen molar-refractivity contribution in [1.82, 2.24) is 29.7 Å². The summed E-state index contributed by atoms with van der Waals surface area (Å²) in [5, 5.41) is 26.2. The normalized spacial score (nSPS) is 22.8. The van der Waals surface area contributed by atoms with Gasteiger partial charge >= 0.3 is 5.97 Å². The molecule has 2 aliphatic heterocycles. The van der Waals surface area contributed by atoms with Crippen molar-refractivity contribution in [2.75, 3.05) is 19.4 Å². The number of hydrogen-bond donors (Lipinski definition) is 4. The number of nitrogens with one attached hydrogen (secondary N) is 2. The zero-order valence-corrected chi connectivity index (χ0v) is 21.8. The average Bonchev–Trinajstić information content (AvgIpc) is 3.61. The lowest BCUT2D eigenvalue weighted by molar-refractivity contribution is 0.0286. The van der Waals surface area contributed by atoms with Gasteiger partial charge in [0.1, 0.15) is 17.2 Å². The van der Waals surface area contributed by atoms with Crippen LogP contribution in [0.15, 0.2) is 30.6 Å². The van der Waals surface area contributed by atoms with Crippen molar-refractivity contribution in [2.24, 2.45) is 0 Å². The maximum absolute atomic E-state index is 13.1.